The topological polar surface area (TPSA) is 36.5 Å². The highest BCUT2D eigenvalue weighted by Crippen LogP contribution is 2.44. The van der Waals surface area contributed by atoms with Gasteiger partial charge in [-0.1, -0.05) is 18.6 Å². The van der Waals surface area contributed by atoms with Gasteiger partial charge in [0, 0.05) is 12.6 Å². The lowest BCUT2D eigenvalue weighted by Gasteiger charge is -2.30. The molecule has 2 aliphatic carbocycles. The molecule has 0 spiro atoms. The number of rotatable bonds is 6. The van der Waals surface area contributed by atoms with Crippen LogP contribution in [-0.2, 0) is 0 Å². The second-order valence-electron chi connectivity index (χ2n) is 8.17. The van der Waals surface area contributed by atoms with Crippen molar-refractivity contribution in [3.8, 4) is 5.75 Å². The third kappa shape index (κ3) is 3.99. The van der Waals surface area contributed by atoms with Crippen LogP contribution in [0.4, 0.5) is 0 Å². The molecule has 142 valence electrons. The van der Waals surface area contributed by atoms with E-state index in [4.69, 9.17) is 17.0 Å². The van der Waals surface area contributed by atoms with Crippen LogP contribution >= 0.6 is 12.2 Å². The molecular weight excluding hydrogens is 342 g/mol. The lowest BCUT2D eigenvalue weighted by molar-refractivity contribution is 0.245. The van der Waals surface area contributed by atoms with E-state index in [2.05, 4.69) is 39.8 Å². The van der Waals surface area contributed by atoms with E-state index in [1.54, 1.807) is 7.11 Å². The van der Waals surface area contributed by atoms with E-state index in [1.165, 1.54) is 57.2 Å². The molecule has 4 rings (SSSR count). The molecule has 3 fully saturated rings. The SMILES string of the molecule is COc1ccc([C@H](CNC(=S)N[C@H]2C[C@@H]3CC[C@@H]2C3)N2CCCC2)cc1. The molecule has 4 nitrogen and oxygen atoms in total. The summed E-state index contributed by atoms with van der Waals surface area (Å²) in [6.07, 6.45) is 8.11. The van der Waals surface area contributed by atoms with Crippen molar-refractivity contribution in [2.24, 2.45) is 11.8 Å². The fourth-order valence-corrected chi connectivity index (χ4v) is 5.40. The lowest BCUT2D eigenvalue weighted by Crippen LogP contribution is -2.46. The summed E-state index contributed by atoms with van der Waals surface area (Å²) in [5, 5.41) is 7.96. The number of nitrogens with zero attached hydrogens (tertiary/aromatic N) is 1. The van der Waals surface area contributed by atoms with Crippen LogP contribution in [0.15, 0.2) is 24.3 Å². The Morgan fingerprint density at radius 3 is 2.58 bits per heavy atom. The maximum Gasteiger partial charge on any atom is 0.166 e. The Hall–Kier alpha value is -1.33. The third-order valence-electron chi connectivity index (χ3n) is 6.59. The van der Waals surface area contributed by atoms with Crippen molar-refractivity contribution in [3.63, 3.8) is 0 Å². The molecule has 0 unspecified atom stereocenters. The van der Waals surface area contributed by atoms with Gasteiger partial charge >= 0.3 is 0 Å². The Bertz CT molecular complexity index is 614. The summed E-state index contributed by atoms with van der Waals surface area (Å²) in [7, 11) is 1.72. The molecule has 1 heterocycles. The predicted molar refractivity (Wildman–Crippen MR) is 110 cm³/mol. The van der Waals surface area contributed by atoms with Gasteiger partial charge in [0.2, 0.25) is 0 Å². The van der Waals surface area contributed by atoms with Gasteiger partial charge in [0.15, 0.2) is 5.11 Å². The minimum Gasteiger partial charge on any atom is -0.497 e. The highest BCUT2D eigenvalue weighted by Gasteiger charge is 2.39. The van der Waals surface area contributed by atoms with Gasteiger partial charge in [-0.15, -0.1) is 0 Å². The number of ether oxygens (including phenoxy) is 1. The molecule has 0 amide bonds. The number of benzene rings is 1. The number of likely N-dealkylation sites (tertiary alicyclic amines) is 1. The van der Waals surface area contributed by atoms with Gasteiger partial charge in [-0.25, -0.2) is 0 Å². The van der Waals surface area contributed by atoms with Crippen LogP contribution in [0.25, 0.3) is 0 Å². The normalized spacial score (nSPS) is 28.9. The van der Waals surface area contributed by atoms with Gasteiger partial charge in [-0.2, -0.15) is 0 Å². The Labute approximate surface area is 162 Å². The summed E-state index contributed by atoms with van der Waals surface area (Å²) >= 11 is 5.63. The standard InChI is InChI=1S/C21H31N3OS/c1-25-18-8-6-16(7-9-18)20(24-10-2-3-11-24)14-22-21(26)23-19-13-15-4-5-17(19)12-15/h6-9,15,17,19-20H,2-5,10-14H2,1H3,(H2,22,23,26)/t15-,17-,19+,20+/m1/s1. The van der Waals surface area contributed by atoms with Gasteiger partial charge < -0.3 is 15.4 Å². The number of fused-ring (bicyclic) bond motifs is 2. The average molecular weight is 374 g/mol. The van der Waals surface area contributed by atoms with E-state index in [9.17, 15) is 0 Å². The summed E-state index contributed by atoms with van der Waals surface area (Å²) in [5.41, 5.74) is 1.34. The minimum absolute atomic E-state index is 0.364. The lowest BCUT2D eigenvalue weighted by atomic mass is 9.95. The molecule has 26 heavy (non-hydrogen) atoms. The average Bonchev–Trinajstić information content (AvgIpc) is 3.41. The number of hydrogen-bond acceptors (Lipinski definition) is 3. The van der Waals surface area contributed by atoms with Crippen molar-refractivity contribution in [1.29, 1.82) is 0 Å². The maximum absolute atomic E-state index is 5.63. The smallest absolute Gasteiger partial charge is 0.166 e. The first-order chi connectivity index (χ1) is 12.7. The van der Waals surface area contributed by atoms with E-state index in [1.807, 2.05) is 0 Å². The third-order valence-corrected chi connectivity index (χ3v) is 6.85. The van der Waals surface area contributed by atoms with Crippen LogP contribution in [0, 0.1) is 11.8 Å². The molecule has 1 aliphatic heterocycles. The largest absolute Gasteiger partial charge is 0.497 e. The van der Waals surface area contributed by atoms with Crippen LogP contribution < -0.4 is 15.4 Å². The highest BCUT2D eigenvalue weighted by atomic mass is 32.1. The molecule has 1 saturated heterocycles. The van der Waals surface area contributed by atoms with Crippen LogP contribution in [-0.4, -0.2) is 42.8 Å². The molecule has 2 bridgehead atoms. The summed E-state index contributed by atoms with van der Waals surface area (Å²) in [5.74, 6) is 2.70. The number of hydrogen-bond donors (Lipinski definition) is 2. The first kappa shape index (κ1) is 18.1. The molecule has 1 aromatic rings. The van der Waals surface area contributed by atoms with E-state index < -0.39 is 0 Å². The van der Waals surface area contributed by atoms with Crippen LogP contribution in [0.1, 0.15) is 50.1 Å². The van der Waals surface area contributed by atoms with Crippen molar-refractivity contribution in [1.82, 2.24) is 15.5 Å². The monoisotopic (exact) mass is 373 g/mol. The van der Waals surface area contributed by atoms with Gasteiger partial charge in [0.05, 0.1) is 13.2 Å². The van der Waals surface area contributed by atoms with E-state index in [-0.39, 0.29) is 0 Å². The van der Waals surface area contributed by atoms with Gasteiger partial charge in [-0.3, -0.25) is 4.90 Å². The second kappa shape index (κ2) is 8.13. The van der Waals surface area contributed by atoms with E-state index in [0.29, 0.717) is 12.1 Å². The van der Waals surface area contributed by atoms with Crippen LogP contribution in [0.2, 0.25) is 0 Å². The molecular formula is C21H31N3OS. The second-order valence-corrected chi connectivity index (χ2v) is 8.58. The highest BCUT2D eigenvalue weighted by molar-refractivity contribution is 7.80. The Kier molecular flexibility index (Phi) is 5.65. The van der Waals surface area contributed by atoms with Gasteiger partial charge in [0.25, 0.3) is 0 Å². The summed E-state index contributed by atoms with van der Waals surface area (Å²) < 4.78 is 5.31. The van der Waals surface area contributed by atoms with Crippen molar-refractivity contribution < 1.29 is 4.74 Å². The summed E-state index contributed by atoms with van der Waals surface area (Å²) in [4.78, 5) is 2.58. The molecule has 2 saturated carbocycles. The molecule has 5 heteroatoms. The van der Waals surface area contributed by atoms with Gasteiger partial charge in [-0.05, 0) is 86.9 Å². The van der Waals surface area contributed by atoms with E-state index >= 15 is 0 Å². The fraction of sp³-hybridized carbons (Fsp3) is 0.667. The molecule has 4 atom stereocenters. The van der Waals surface area contributed by atoms with Crippen molar-refractivity contribution in [2.75, 3.05) is 26.7 Å². The van der Waals surface area contributed by atoms with Crippen LogP contribution in [0.5, 0.6) is 5.75 Å². The first-order valence-electron chi connectivity index (χ1n) is 10.2. The van der Waals surface area contributed by atoms with Gasteiger partial charge in [0.1, 0.15) is 5.75 Å². The molecule has 2 N–H and O–H groups in total. The predicted octanol–water partition coefficient (Wildman–Crippen LogP) is 3.48. The molecule has 3 aliphatic rings. The molecule has 0 radical (unpaired) electrons. The number of thiocarbonyl (C=S) groups is 1. The molecule has 0 aromatic heterocycles. The van der Waals surface area contributed by atoms with E-state index in [0.717, 1.165) is 29.2 Å². The zero-order valence-corrected chi connectivity index (χ0v) is 16.6. The minimum atomic E-state index is 0.364. The fourth-order valence-electron chi connectivity index (χ4n) is 5.17. The Morgan fingerprint density at radius 1 is 1.19 bits per heavy atom. The zero-order chi connectivity index (χ0) is 17.9. The summed E-state index contributed by atoms with van der Waals surface area (Å²) in [6, 6.07) is 9.46. The first-order valence-corrected chi connectivity index (χ1v) is 10.6. The van der Waals surface area contributed by atoms with Crippen LogP contribution in [0.3, 0.4) is 0 Å². The van der Waals surface area contributed by atoms with Crippen molar-refractivity contribution >= 4 is 17.3 Å². The zero-order valence-electron chi connectivity index (χ0n) is 15.7. The van der Waals surface area contributed by atoms with Crippen molar-refractivity contribution in [2.45, 2.75) is 50.6 Å². The quantitative estimate of drug-likeness (QED) is 0.747. The Morgan fingerprint density at radius 2 is 1.96 bits per heavy atom. The number of nitrogens with one attached hydrogen (secondary N) is 2. The molecule has 1 aromatic carbocycles. The maximum atomic E-state index is 5.63. The summed E-state index contributed by atoms with van der Waals surface area (Å²) in [6.45, 7) is 3.20. The van der Waals surface area contributed by atoms with Crippen molar-refractivity contribution in [3.05, 3.63) is 29.8 Å². The Balaban J connectivity index is 1.35. The number of methoxy groups -OCH3 is 1.